The van der Waals surface area contributed by atoms with Crippen molar-refractivity contribution >= 4 is 31.6 Å². The van der Waals surface area contributed by atoms with Gasteiger partial charge in [-0.15, -0.1) is 0 Å². The highest BCUT2D eigenvalue weighted by atomic mass is 79.9. The van der Waals surface area contributed by atoms with Crippen molar-refractivity contribution in [2.45, 2.75) is 17.2 Å². The van der Waals surface area contributed by atoms with E-state index in [4.69, 9.17) is 5.73 Å². The van der Waals surface area contributed by atoms with Gasteiger partial charge in [0.05, 0.1) is 11.0 Å². The zero-order valence-electron chi connectivity index (χ0n) is 9.51. The second-order valence-corrected chi connectivity index (χ2v) is 6.29. The van der Waals surface area contributed by atoms with Gasteiger partial charge >= 0.3 is 12.3 Å². The molecule has 3 N–H and O–H groups in total. The number of sulfonamides is 1. The lowest BCUT2D eigenvalue weighted by atomic mass is 10.3. The van der Waals surface area contributed by atoms with Gasteiger partial charge in [-0.25, -0.2) is 26.3 Å². The van der Waals surface area contributed by atoms with E-state index in [9.17, 15) is 30.4 Å². The van der Waals surface area contributed by atoms with E-state index < -0.39 is 39.6 Å². The molecular formula is C9H8BrF5N2O2S. The summed E-state index contributed by atoms with van der Waals surface area (Å²) in [7, 11) is -4.75. The first kappa shape index (κ1) is 17.1. The topological polar surface area (TPSA) is 72.2 Å². The molecule has 20 heavy (non-hydrogen) atoms. The normalized spacial score (nSPS) is 12.9. The Morgan fingerprint density at radius 3 is 2.40 bits per heavy atom. The van der Waals surface area contributed by atoms with E-state index in [1.54, 1.807) is 0 Å². The smallest absolute Gasteiger partial charge is 0.320 e. The Balaban J connectivity index is 3.07. The summed E-state index contributed by atoms with van der Waals surface area (Å²) >= 11 is 2.69. The zero-order valence-corrected chi connectivity index (χ0v) is 11.9. The van der Waals surface area contributed by atoms with Gasteiger partial charge < -0.3 is 5.73 Å². The molecule has 0 aliphatic rings. The fourth-order valence-electron chi connectivity index (χ4n) is 1.13. The molecule has 114 valence electrons. The van der Waals surface area contributed by atoms with Crippen molar-refractivity contribution in [1.29, 1.82) is 0 Å². The molecule has 0 bridgehead atoms. The molecule has 0 radical (unpaired) electrons. The van der Waals surface area contributed by atoms with Crippen molar-refractivity contribution in [2.24, 2.45) is 0 Å². The fraction of sp³-hybridized carbons (Fsp3) is 0.333. The van der Waals surface area contributed by atoms with E-state index in [0.717, 1.165) is 6.07 Å². The van der Waals surface area contributed by atoms with Gasteiger partial charge in [0.1, 0.15) is 4.90 Å². The van der Waals surface area contributed by atoms with E-state index in [0.29, 0.717) is 6.07 Å². The van der Waals surface area contributed by atoms with Crippen LogP contribution in [0.3, 0.4) is 0 Å². The molecular weight excluding hydrogens is 375 g/mol. The molecule has 0 atom stereocenters. The maximum Gasteiger partial charge on any atom is 0.320 e. The summed E-state index contributed by atoms with van der Waals surface area (Å²) < 4.78 is 86.9. The number of hydrogen-bond acceptors (Lipinski definition) is 3. The fourth-order valence-corrected chi connectivity index (χ4v) is 2.91. The van der Waals surface area contributed by atoms with Crippen LogP contribution in [0.25, 0.3) is 0 Å². The standard InChI is InChI=1S/C9H8BrF5N2O2S/c10-5-1-4(16)2-6(7(5)11)20(18,19)17-3-9(14,15)8(12)13/h1-2,8,17H,3,16H2. The van der Waals surface area contributed by atoms with Gasteiger partial charge in [0, 0.05) is 5.69 Å². The number of anilines is 1. The number of hydrogen-bond donors (Lipinski definition) is 2. The number of alkyl halides is 4. The number of nitrogens with two attached hydrogens (primary N) is 1. The summed E-state index contributed by atoms with van der Waals surface area (Å²) in [6.45, 7) is -1.86. The molecule has 0 unspecified atom stereocenters. The van der Waals surface area contributed by atoms with E-state index in [-0.39, 0.29) is 10.2 Å². The number of nitrogen functional groups attached to an aromatic ring is 1. The predicted octanol–water partition coefficient (Wildman–Crippen LogP) is 2.35. The van der Waals surface area contributed by atoms with Crippen LogP contribution in [0.5, 0.6) is 0 Å². The van der Waals surface area contributed by atoms with Gasteiger partial charge in [0.15, 0.2) is 5.82 Å². The van der Waals surface area contributed by atoms with Gasteiger partial charge in [0.2, 0.25) is 10.0 Å². The lowest BCUT2D eigenvalue weighted by Gasteiger charge is -2.16. The molecule has 0 aromatic heterocycles. The third-order valence-electron chi connectivity index (χ3n) is 2.12. The molecule has 0 aliphatic heterocycles. The monoisotopic (exact) mass is 382 g/mol. The van der Waals surface area contributed by atoms with Crippen LogP contribution in [-0.2, 0) is 10.0 Å². The highest BCUT2D eigenvalue weighted by Crippen LogP contribution is 2.27. The summed E-state index contributed by atoms with van der Waals surface area (Å²) in [6.07, 6.45) is -4.05. The molecule has 1 aromatic carbocycles. The Labute approximate surface area is 119 Å². The van der Waals surface area contributed by atoms with Gasteiger partial charge in [-0.2, -0.15) is 8.78 Å². The molecule has 1 rings (SSSR count). The summed E-state index contributed by atoms with van der Waals surface area (Å²) in [4.78, 5) is -1.02. The van der Waals surface area contributed by atoms with E-state index in [1.807, 2.05) is 0 Å². The van der Waals surface area contributed by atoms with E-state index >= 15 is 0 Å². The van der Waals surface area contributed by atoms with Crippen LogP contribution < -0.4 is 10.5 Å². The number of nitrogens with one attached hydrogen (secondary N) is 1. The van der Waals surface area contributed by atoms with Crippen molar-refractivity contribution in [3.63, 3.8) is 0 Å². The van der Waals surface area contributed by atoms with Gasteiger partial charge in [-0.05, 0) is 28.1 Å². The molecule has 0 heterocycles. The molecule has 0 saturated carbocycles. The van der Waals surface area contributed by atoms with Crippen LogP contribution in [0.2, 0.25) is 0 Å². The van der Waals surface area contributed by atoms with Gasteiger partial charge in [0.25, 0.3) is 0 Å². The highest BCUT2D eigenvalue weighted by Gasteiger charge is 2.41. The van der Waals surface area contributed by atoms with E-state index in [2.05, 4.69) is 15.9 Å². The Kier molecular flexibility index (Phi) is 4.98. The first-order valence-electron chi connectivity index (χ1n) is 4.87. The van der Waals surface area contributed by atoms with Crippen molar-refractivity contribution in [3.05, 3.63) is 22.4 Å². The van der Waals surface area contributed by atoms with Crippen molar-refractivity contribution in [3.8, 4) is 0 Å². The second-order valence-electron chi connectivity index (χ2n) is 3.70. The maximum absolute atomic E-state index is 13.6. The van der Waals surface area contributed by atoms with Crippen molar-refractivity contribution in [1.82, 2.24) is 4.72 Å². The molecule has 0 saturated heterocycles. The average molecular weight is 383 g/mol. The Bertz CT molecular complexity index is 609. The second kappa shape index (κ2) is 5.82. The minimum atomic E-state index is -4.75. The highest BCUT2D eigenvalue weighted by molar-refractivity contribution is 9.10. The molecule has 0 fully saturated rings. The SMILES string of the molecule is Nc1cc(Br)c(F)c(S(=O)(=O)NCC(F)(F)C(F)F)c1. The molecule has 0 aliphatic carbocycles. The number of halogens is 6. The van der Waals surface area contributed by atoms with Crippen LogP contribution in [-0.4, -0.2) is 27.3 Å². The maximum atomic E-state index is 13.6. The average Bonchev–Trinajstić information content (AvgIpc) is 2.31. The summed E-state index contributed by atoms with van der Waals surface area (Å²) in [5.74, 6) is -5.84. The summed E-state index contributed by atoms with van der Waals surface area (Å²) in [5, 5.41) is 0. The van der Waals surface area contributed by atoms with Crippen LogP contribution in [0.4, 0.5) is 27.6 Å². The summed E-state index contributed by atoms with van der Waals surface area (Å²) in [6, 6.07) is 1.74. The molecule has 0 amide bonds. The first-order valence-corrected chi connectivity index (χ1v) is 7.15. The molecule has 4 nitrogen and oxygen atoms in total. The Hall–Kier alpha value is -0.940. The molecule has 11 heteroatoms. The van der Waals surface area contributed by atoms with Crippen LogP contribution >= 0.6 is 15.9 Å². The Morgan fingerprint density at radius 1 is 1.35 bits per heavy atom. The van der Waals surface area contributed by atoms with E-state index in [1.165, 1.54) is 4.72 Å². The van der Waals surface area contributed by atoms with Crippen molar-refractivity contribution in [2.75, 3.05) is 12.3 Å². The first-order chi connectivity index (χ1) is 8.97. The number of rotatable bonds is 5. The quantitative estimate of drug-likeness (QED) is 0.606. The largest absolute Gasteiger partial charge is 0.399 e. The summed E-state index contributed by atoms with van der Waals surface area (Å²) in [5.41, 5.74) is 5.14. The number of benzene rings is 1. The van der Waals surface area contributed by atoms with Crippen molar-refractivity contribution < 1.29 is 30.4 Å². The van der Waals surface area contributed by atoms with Crippen LogP contribution in [0, 0.1) is 5.82 Å². The van der Waals surface area contributed by atoms with Crippen LogP contribution in [0.1, 0.15) is 0 Å². The Morgan fingerprint density at radius 2 is 1.90 bits per heavy atom. The van der Waals surface area contributed by atoms with Crippen LogP contribution in [0.15, 0.2) is 21.5 Å². The third-order valence-corrected chi connectivity index (χ3v) is 4.10. The van der Waals surface area contributed by atoms with Gasteiger partial charge in [-0.3, -0.25) is 0 Å². The lowest BCUT2D eigenvalue weighted by Crippen LogP contribution is -2.41. The third kappa shape index (κ3) is 3.79. The minimum absolute atomic E-state index is 0.153. The minimum Gasteiger partial charge on any atom is -0.399 e. The molecule has 0 spiro atoms. The zero-order chi connectivity index (χ0) is 15.7. The molecule has 1 aromatic rings. The predicted molar refractivity (Wildman–Crippen MR) is 64.7 cm³/mol. The lowest BCUT2D eigenvalue weighted by molar-refractivity contribution is -0.122. The van der Waals surface area contributed by atoms with Gasteiger partial charge in [-0.1, -0.05) is 0 Å².